The average Bonchev–Trinajstić information content (AvgIpc) is 3.26. The lowest BCUT2D eigenvalue weighted by Gasteiger charge is -2.17. The van der Waals surface area contributed by atoms with Crippen molar-refractivity contribution in [2.75, 3.05) is 11.1 Å². The molecule has 0 bridgehead atoms. The molecule has 1 unspecified atom stereocenters. The van der Waals surface area contributed by atoms with Crippen LogP contribution < -0.4 is 10.1 Å². The number of nitrogens with zero attached hydrogens (tertiary/aromatic N) is 3. The molecule has 174 valence electrons. The third-order valence-corrected chi connectivity index (χ3v) is 6.46. The molecule has 6 nitrogen and oxygen atoms in total. The van der Waals surface area contributed by atoms with Crippen molar-refractivity contribution in [3.63, 3.8) is 0 Å². The first-order valence-corrected chi connectivity index (χ1v) is 12.3. The number of hydrogen-bond donors (Lipinski definition) is 1. The Kier molecular flexibility index (Phi) is 7.77. The van der Waals surface area contributed by atoms with E-state index in [1.54, 1.807) is 24.3 Å². The predicted molar refractivity (Wildman–Crippen MR) is 137 cm³/mol. The lowest BCUT2D eigenvalue weighted by atomic mass is 10.2. The Hall–Kier alpha value is -3.00. The van der Waals surface area contributed by atoms with Crippen molar-refractivity contribution in [3.8, 4) is 11.4 Å². The molecule has 9 heteroatoms. The predicted octanol–water partition coefficient (Wildman–Crippen LogP) is 6.75. The Morgan fingerprint density at radius 3 is 2.56 bits per heavy atom. The number of aromatic nitrogens is 3. The fourth-order valence-corrected chi connectivity index (χ4v) is 4.40. The number of benzene rings is 3. The molecule has 1 heterocycles. The lowest BCUT2D eigenvalue weighted by molar-refractivity contribution is -0.113. The molecule has 34 heavy (non-hydrogen) atoms. The summed E-state index contributed by atoms with van der Waals surface area (Å²) in [6.45, 7) is 3.80. The molecule has 0 aliphatic carbocycles. The topological polar surface area (TPSA) is 69.0 Å². The van der Waals surface area contributed by atoms with Crippen LogP contribution in [0.15, 0.2) is 78.0 Å². The van der Waals surface area contributed by atoms with Crippen LogP contribution >= 0.6 is 35.0 Å². The number of ether oxygens (including phenoxy) is 1. The maximum absolute atomic E-state index is 12.6. The van der Waals surface area contributed by atoms with E-state index in [0.717, 1.165) is 11.3 Å². The molecule has 0 aliphatic rings. The van der Waals surface area contributed by atoms with Gasteiger partial charge in [0.05, 0.1) is 10.8 Å². The monoisotopic (exact) mass is 512 g/mol. The van der Waals surface area contributed by atoms with E-state index in [1.807, 2.05) is 66.9 Å². The summed E-state index contributed by atoms with van der Waals surface area (Å²) >= 11 is 13.6. The van der Waals surface area contributed by atoms with Gasteiger partial charge in [-0.25, -0.2) is 0 Å². The van der Waals surface area contributed by atoms with Crippen molar-refractivity contribution >= 4 is 46.6 Å². The number of nitrogens with one attached hydrogen (secondary N) is 1. The molecule has 0 saturated heterocycles. The van der Waals surface area contributed by atoms with Crippen LogP contribution in [0.5, 0.6) is 5.75 Å². The van der Waals surface area contributed by atoms with Gasteiger partial charge in [0.1, 0.15) is 5.75 Å². The Morgan fingerprint density at radius 1 is 1.06 bits per heavy atom. The van der Waals surface area contributed by atoms with E-state index in [4.69, 9.17) is 27.9 Å². The van der Waals surface area contributed by atoms with Crippen LogP contribution in [0, 0.1) is 6.92 Å². The van der Waals surface area contributed by atoms with Crippen LogP contribution in [0.25, 0.3) is 5.69 Å². The van der Waals surface area contributed by atoms with Crippen molar-refractivity contribution in [2.45, 2.75) is 25.1 Å². The highest BCUT2D eigenvalue weighted by Gasteiger charge is 2.22. The normalized spacial score (nSPS) is 11.8. The fraction of sp³-hybridized carbons (Fsp3) is 0.160. The highest BCUT2D eigenvalue weighted by atomic mass is 35.5. The number of carbonyl (C=O) groups is 1. The minimum atomic E-state index is -0.440. The van der Waals surface area contributed by atoms with Crippen LogP contribution in [0.3, 0.4) is 0 Å². The standard InChI is InChI=1S/C25H22Cl2N4O2S/c1-16-12-13-18(26)14-21(16)28-23(32)15-34-25-30-29-24(31(25)19-8-4-3-5-9-19)17(2)33-22-11-7-6-10-20(22)27/h3-14,17H,15H2,1-2H3,(H,28,32). The number of thioether (sulfide) groups is 1. The van der Waals surface area contributed by atoms with Crippen molar-refractivity contribution in [1.29, 1.82) is 0 Å². The second kappa shape index (κ2) is 11.0. The molecule has 1 amide bonds. The first kappa shape index (κ1) is 24.1. The number of hydrogen-bond acceptors (Lipinski definition) is 5. The molecule has 0 aliphatic heterocycles. The summed E-state index contributed by atoms with van der Waals surface area (Å²) in [6, 6.07) is 22.4. The molecule has 1 atom stereocenters. The van der Waals surface area contributed by atoms with Gasteiger partial charge in [-0.3, -0.25) is 9.36 Å². The summed E-state index contributed by atoms with van der Waals surface area (Å²) in [5.41, 5.74) is 2.49. The maximum atomic E-state index is 12.6. The second-order valence-electron chi connectivity index (χ2n) is 7.50. The molecule has 0 fully saturated rings. The third-order valence-electron chi connectivity index (χ3n) is 4.98. The van der Waals surface area contributed by atoms with E-state index in [-0.39, 0.29) is 11.7 Å². The maximum Gasteiger partial charge on any atom is 0.234 e. The molecule has 0 saturated carbocycles. The van der Waals surface area contributed by atoms with Gasteiger partial charge >= 0.3 is 0 Å². The molecule has 4 rings (SSSR count). The number of amides is 1. The van der Waals surface area contributed by atoms with E-state index >= 15 is 0 Å². The van der Waals surface area contributed by atoms with Gasteiger partial charge in [0.2, 0.25) is 5.91 Å². The lowest BCUT2D eigenvalue weighted by Crippen LogP contribution is -2.16. The number of para-hydroxylation sites is 2. The van der Waals surface area contributed by atoms with Crippen molar-refractivity contribution < 1.29 is 9.53 Å². The Morgan fingerprint density at radius 2 is 1.79 bits per heavy atom. The van der Waals surface area contributed by atoms with E-state index in [9.17, 15) is 4.79 Å². The number of halogens is 2. The quantitative estimate of drug-likeness (QED) is 0.264. The van der Waals surface area contributed by atoms with Crippen LogP contribution in [-0.2, 0) is 4.79 Å². The Labute approximate surface area is 212 Å². The van der Waals surface area contributed by atoms with E-state index < -0.39 is 6.10 Å². The summed E-state index contributed by atoms with van der Waals surface area (Å²) in [6.07, 6.45) is -0.440. The molecular weight excluding hydrogens is 491 g/mol. The molecule has 1 aromatic heterocycles. The molecule has 0 spiro atoms. The van der Waals surface area contributed by atoms with Gasteiger partial charge in [0, 0.05) is 16.4 Å². The van der Waals surface area contributed by atoms with Crippen LogP contribution in [-0.4, -0.2) is 26.4 Å². The summed E-state index contributed by atoms with van der Waals surface area (Å²) in [7, 11) is 0. The second-order valence-corrected chi connectivity index (χ2v) is 9.28. The minimum Gasteiger partial charge on any atom is -0.481 e. The van der Waals surface area contributed by atoms with Crippen molar-refractivity contribution in [3.05, 3.63) is 94.2 Å². The summed E-state index contributed by atoms with van der Waals surface area (Å²) in [4.78, 5) is 12.6. The van der Waals surface area contributed by atoms with Crippen LogP contribution in [0.4, 0.5) is 5.69 Å². The fourth-order valence-electron chi connectivity index (χ4n) is 3.29. The minimum absolute atomic E-state index is 0.149. The van der Waals surface area contributed by atoms with E-state index in [0.29, 0.717) is 32.5 Å². The van der Waals surface area contributed by atoms with Crippen LogP contribution in [0.1, 0.15) is 24.4 Å². The average molecular weight is 513 g/mol. The summed E-state index contributed by atoms with van der Waals surface area (Å²) in [5.74, 6) is 1.14. The van der Waals surface area contributed by atoms with Gasteiger partial charge in [-0.1, -0.05) is 71.4 Å². The number of anilines is 1. The number of rotatable bonds is 8. The van der Waals surface area contributed by atoms with Gasteiger partial charge in [-0.05, 0) is 55.8 Å². The smallest absolute Gasteiger partial charge is 0.234 e. The van der Waals surface area contributed by atoms with E-state index in [2.05, 4.69) is 15.5 Å². The zero-order valence-electron chi connectivity index (χ0n) is 18.5. The van der Waals surface area contributed by atoms with Crippen LogP contribution in [0.2, 0.25) is 10.0 Å². The van der Waals surface area contributed by atoms with Crippen molar-refractivity contribution in [1.82, 2.24) is 14.8 Å². The highest BCUT2D eigenvalue weighted by Crippen LogP contribution is 2.31. The molecular formula is C25H22Cl2N4O2S. The Balaban J connectivity index is 1.55. The molecule has 1 N–H and O–H groups in total. The third kappa shape index (κ3) is 5.73. The summed E-state index contributed by atoms with van der Waals surface area (Å²) in [5, 5.41) is 13.3. The molecule has 0 radical (unpaired) electrons. The number of carbonyl (C=O) groups excluding carboxylic acids is 1. The SMILES string of the molecule is Cc1ccc(Cl)cc1NC(=O)CSc1nnc(C(C)Oc2ccccc2Cl)n1-c1ccccc1. The highest BCUT2D eigenvalue weighted by molar-refractivity contribution is 7.99. The largest absolute Gasteiger partial charge is 0.481 e. The zero-order chi connectivity index (χ0) is 24.1. The zero-order valence-corrected chi connectivity index (χ0v) is 20.9. The summed E-state index contributed by atoms with van der Waals surface area (Å²) < 4.78 is 7.97. The van der Waals surface area contributed by atoms with Gasteiger partial charge in [-0.2, -0.15) is 0 Å². The first-order chi connectivity index (χ1) is 16.4. The van der Waals surface area contributed by atoms with Gasteiger partial charge < -0.3 is 10.1 Å². The molecule has 4 aromatic rings. The van der Waals surface area contributed by atoms with Gasteiger partial charge in [0.25, 0.3) is 0 Å². The van der Waals surface area contributed by atoms with Crippen molar-refractivity contribution in [2.24, 2.45) is 0 Å². The Bertz CT molecular complexity index is 1300. The number of aryl methyl sites for hydroxylation is 1. The van der Waals surface area contributed by atoms with Gasteiger partial charge in [-0.15, -0.1) is 10.2 Å². The first-order valence-electron chi connectivity index (χ1n) is 10.5. The molecule has 3 aromatic carbocycles. The van der Waals surface area contributed by atoms with Gasteiger partial charge in [0.15, 0.2) is 17.1 Å². The van der Waals surface area contributed by atoms with E-state index in [1.165, 1.54) is 11.8 Å².